The van der Waals surface area contributed by atoms with Gasteiger partial charge >= 0.3 is 0 Å². The van der Waals surface area contributed by atoms with Crippen LogP contribution in [0.15, 0.2) is 47.1 Å². The average Bonchev–Trinajstić information content (AvgIpc) is 3.34. The van der Waals surface area contributed by atoms with Gasteiger partial charge in [-0.25, -0.2) is 0 Å². The first-order valence-electron chi connectivity index (χ1n) is 8.70. The van der Waals surface area contributed by atoms with Crippen molar-refractivity contribution in [1.29, 1.82) is 0 Å². The number of nitrogens with one attached hydrogen (secondary N) is 2. The Kier molecular flexibility index (Phi) is 6.54. The van der Waals surface area contributed by atoms with Crippen molar-refractivity contribution in [2.45, 2.75) is 19.5 Å². The van der Waals surface area contributed by atoms with E-state index in [9.17, 15) is 14.4 Å². The highest BCUT2D eigenvalue weighted by Crippen LogP contribution is 2.17. The van der Waals surface area contributed by atoms with Crippen molar-refractivity contribution in [3.63, 3.8) is 0 Å². The zero-order valence-electron chi connectivity index (χ0n) is 14.8. The molecular formula is C19H21N3O4S. The Bertz CT molecular complexity index is 807. The molecule has 1 aliphatic heterocycles. The van der Waals surface area contributed by atoms with Crippen LogP contribution in [-0.4, -0.2) is 40.8 Å². The van der Waals surface area contributed by atoms with Crippen LogP contribution in [0.1, 0.15) is 28.1 Å². The van der Waals surface area contributed by atoms with Gasteiger partial charge in [-0.1, -0.05) is 23.9 Å². The molecule has 1 fully saturated rings. The highest BCUT2D eigenvalue weighted by molar-refractivity contribution is 8.13. The Labute approximate surface area is 161 Å². The SMILES string of the molecule is O=C(CCN1CCSC1=O)NCc1cccc(C(=O)NCc2ccco2)c1. The highest BCUT2D eigenvalue weighted by Gasteiger charge is 2.21. The third-order valence-corrected chi connectivity index (χ3v) is 5.03. The van der Waals surface area contributed by atoms with Gasteiger partial charge in [-0.3, -0.25) is 14.4 Å². The van der Waals surface area contributed by atoms with Crippen molar-refractivity contribution in [3.8, 4) is 0 Å². The number of hydrogen-bond acceptors (Lipinski definition) is 5. The van der Waals surface area contributed by atoms with Crippen molar-refractivity contribution in [1.82, 2.24) is 15.5 Å². The number of thioether (sulfide) groups is 1. The minimum atomic E-state index is -0.204. The lowest BCUT2D eigenvalue weighted by Gasteiger charge is -2.14. The summed E-state index contributed by atoms with van der Waals surface area (Å²) in [5.41, 5.74) is 1.36. The van der Waals surface area contributed by atoms with E-state index in [1.807, 2.05) is 6.07 Å². The van der Waals surface area contributed by atoms with Crippen molar-refractivity contribution >= 4 is 28.8 Å². The van der Waals surface area contributed by atoms with E-state index in [0.717, 1.165) is 11.3 Å². The molecule has 0 spiro atoms. The molecule has 0 saturated carbocycles. The van der Waals surface area contributed by atoms with Gasteiger partial charge in [-0.15, -0.1) is 0 Å². The first-order valence-corrected chi connectivity index (χ1v) is 9.68. The normalized spacial score (nSPS) is 13.6. The predicted octanol–water partition coefficient (Wildman–Crippen LogP) is 2.38. The van der Waals surface area contributed by atoms with E-state index in [-0.39, 0.29) is 23.5 Å². The lowest BCUT2D eigenvalue weighted by Crippen LogP contribution is -2.30. The molecule has 0 atom stereocenters. The Hall–Kier alpha value is -2.74. The van der Waals surface area contributed by atoms with E-state index in [1.165, 1.54) is 11.8 Å². The Morgan fingerprint density at radius 2 is 2.04 bits per heavy atom. The quantitative estimate of drug-likeness (QED) is 0.726. The van der Waals surface area contributed by atoms with E-state index in [2.05, 4.69) is 10.6 Å². The van der Waals surface area contributed by atoms with Crippen molar-refractivity contribution < 1.29 is 18.8 Å². The summed E-state index contributed by atoms with van der Waals surface area (Å²) in [5.74, 6) is 1.15. The van der Waals surface area contributed by atoms with Crippen LogP contribution in [0, 0.1) is 0 Å². The fourth-order valence-corrected chi connectivity index (χ4v) is 3.51. The first-order chi connectivity index (χ1) is 13.1. The third-order valence-electron chi connectivity index (χ3n) is 4.14. The topological polar surface area (TPSA) is 91.7 Å². The lowest BCUT2D eigenvalue weighted by molar-refractivity contribution is -0.121. The minimum absolute atomic E-state index is 0.0380. The van der Waals surface area contributed by atoms with Crippen LogP contribution in [-0.2, 0) is 17.9 Å². The molecule has 8 heteroatoms. The third kappa shape index (κ3) is 5.62. The van der Waals surface area contributed by atoms with Gasteiger partial charge in [0.15, 0.2) is 0 Å². The molecular weight excluding hydrogens is 366 g/mol. The monoisotopic (exact) mass is 387 g/mol. The molecule has 0 unspecified atom stereocenters. The van der Waals surface area contributed by atoms with Gasteiger partial charge in [-0.05, 0) is 29.8 Å². The smallest absolute Gasteiger partial charge is 0.281 e. The van der Waals surface area contributed by atoms with Gasteiger partial charge in [0.05, 0.1) is 12.8 Å². The number of benzene rings is 1. The highest BCUT2D eigenvalue weighted by atomic mass is 32.2. The van der Waals surface area contributed by atoms with Gasteiger partial charge in [-0.2, -0.15) is 0 Å². The summed E-state index contributed by atoms with van der Waals surface area (Å²) in [6.45, 7) is 1.79. The van der Waals surface area contributed by atoms with Crippen molar-refractivity contribution in [2.24, 2.45) is 0 Å². The molecule has 2 heterocycles. The summed E-state index contributed by atoms with van der Waals surface area (Å²) >= 11 is 1.29. The van der Waals surface area contributed by atoms with Crippen LogP contribution in [0.4, 0.5) is 4.79 Å². The minimum Gasteiger partial charge on any atom is -0.467 e. The van der Waals surface area contributed by atoms with Crippen LogP contribution < -0.4 is 10.6 Å². The van der Waals surface area contributed by atoms with Gasteiger partial charge < -0.3 is 20.0 Å². The van der Waals surface area contributed by atoms with E-state index in [4.69, 9.17) is 4.42 Å². The van der Waals surface area contributed by atoms with Crippen LogP contribution in [0.2, 0.25) is 0 Å². The Balaban J connectivity index is 1.44. The number of hydrogen-bond donors (Lipinski definition) is 2. The van der Waals surface area contributed by atoms with Gasteiger partial charge in [0, 0.05) is 37.4 Å². The molecule has 1 aromatic carbocycles. The summed E-state index contributed by atoms with van der Waals surface area (Å²) in [7, 11) is 0. The second kappa shape index (κ2) is 9.27. The van der Waals surface area contributed by atoms with E-state index in [1.54, 1.807) is 41.5 Å². The second-order valence-corrected chi connectivity index (χ2v) is 7.14. The number of rotatable bonds is 8. The molecule has 7 nitrogen and oxygen atoms in total. The van der Waals surface area contributed by atoms with E-state index >= 15 is 0 Å². The predicted molar refractivity (Wildman–Crippen MR) is 102 cm³/mol. The molecule has 0 radical (unpaired) electrons. The maximum atomic E-state index is 12.2. The molecule has 0 aliphatic carbocycles. The fraction of sp³-hybridized carbons (Fsp3) is 0.316. The number of amides is 3. The number of carbonyl (C=O) groups excluding carboxylic acids is 3. The summed E-state index contributed by atoms with van der Waals surface area (Å²) in [6.07, 6.45) is 1.83. The second-order valence-electron chi connectivity index (χ2n) is 6.09. The number of furan rings is 1. The molecule has 27 heavy (non-hydrogen) atoms. The molecule has 1 aromatic heterocycles. The van der Waals surface area contributed by atoms with Gasteiger partial charge in [0.1, 0.15) is 5.76 Å². The van der Waals surface area contributed by atoms with Gasteiger partial charge in [0.2, 0.25) is 5.91 Å². The zero-order valence-corrected chi connectivity index (χ0v) is 15.6. The molecule has 1 aliphatic rings. The maximum absolute atomic E-state index is 12.2. The van der Waals surface area contributed by atoms with Crippen molar-refractivity contribution in [3.05, 3.63) is 59.5 Å². The first kappa shape index (κ1) is 19.0. The molecule has 0 bridgehead atoms. The zero-order chi connectivity index (χ0) is 19.1. The summed E-state index contributed by atoms with van der Waals surface area (Å²) in [6, 6.07) is 10.7. The molecule has 2 N–H and O–H groups in total. The van der Waals surface area contributed by atoms with Crippen LogP contribution >= 0.6 is 11.8 Å². The Morgan fingerprint density at radius 3 is 2.78 bits per heavy atom. The van der Waals surface area contributed by atoms with Gasteiger partial charge in [0.25, 0.3) is 11.1 Å². The average molecular weight is 387 g/mol. The standard InChI is InChI=1S/C19H21N3O4S/c23-17(6-7-22-8-10-27-19(22)25)20-12-14-3-1-4-15(11-14)18(24)21-13-16-5-2-9-26-16/h1-5,9,11H,6-8,10,12-13H2,(H,20,23)(H,21,24). The van der Waals surface area contributed by atoms with Crippen molar-refractivity contribution in [2.75, 3.05) is 18.8 Å². The number of carbonyl (C=O) groups is 3. The van der Waals surface area contributed by atoms with Crippen LogP contribution in [0.5, 0.6) is 0 Å². The summed E-state index contributed by atoms with van der Waals surface area (Å²) in [4.78, 5) is 37.4. The molecule has 3 rings (SSSR count). The molecule has 2 aromatic rings. The largest absolute Gasteiger partial charge is 0.467 e. The summed E-state index contributed by atoms with van der Waals surface area (Å²) in [5, 5.41) is 5.66. The summed E-state index contributed by atoms with van der Waals surface area (Å²) < 4.78 is 5.19. The Morgan fingerprint density at radius 1 is 1.15 bits per heavy atom. The maximum Gasteiger partial charge on any atom is 0.281 e. The van der Waals surface area contributed by atoms with Crippen LogP contribution in [0.25, 0.3) is 0 Å². The molecule has 1 saturated heterocycles. The fourth-order valence-electron chi connectivity index (χ4n) is 2.66. The van der Waals surface area contributed by atoms with E-state index < -0.39 is 0 Å². The molecule has 3 amide bonds. The molecule has 142 valence electrons. The van der Waals surface area contributed by atoms with E-state index in [0.29, 0.717) is 37.5 Å². The number of nitrogens with zero attached hydrogens (tertiary/aromatic N) is 1. The lowest BCUT2D eigenvalue weighted by atomic mass is 10.1. The van der Waals surface area contributed by atoms with Crippen LogP contribution in [0.3, 0.4) is 0 Å².